The maximum atomic E-state index is 6.32. The van der Waals surface area contributed by atoms with Crippen LogP contribution in [0.15, 0.2) is 40.9 Å². The van der Waals surface area contributed by atoms with Crippen molar-refractivity contribution in [1.29, 1.82) is 0 Å². The van der Waals surface area contributed by atoms with Crippen LogP contribution in [0.4, 0.5) is 0 Å². The number of halogens is 2. The Morgan fingerprint density at radius 3 is 2.60 bits per heavy atom. The molecule has 1 aromatic heterocycles. The topological polar surface area (TPSA) is 25.8 Å². The lowest BCUT2D eigenvalue weighted by Crippen LogP contribution is -1.94. The predicted molar refractivity (Wildman–Crippen MR) is 87.2 cm³/mol. The first kappa shape index (κ1) is 13.5. The Morgan fingerprint density at radius 2 is 1.85 bits per heavy atom. The molecule has 100 valence electrons. The van der Waals surface area contributed by atoms with Crippen LogP contribution in [0.2, 0.25) is 5.15 Å². The van der Waals surface area contributed by atoms with Crippen LogP contribution in [0.1, 0.15) is 11.1 Å². The first-order chi connectivity index (χ1) is 9.54. The molecule has 0 aliphatic rings. The summed E-state index contributed by atoms with van der Waals surface area (Å²) in [5.41, 5.74) is 4.13. The van der Waals surface area contributed by atoms with E-state index in [2.05, 4.69) is 45.0 Å². The van der Waals surface area contributed by atoms with Crippen LogP contribution >= 0.6 is 27.5 Å². The van der Waals surface area contributed by atoms with Crippen molar-refractivity contribution in [2.45, 2.75) is 13.8 Å². The molecule has 0 radical (unpaired) electrons. The van der Waals surface area contributed by atoms with Gasteiger partial charge in [-0.3, -0.25) is 0 Å². The van der Waals surface area contributed by atoms with E-state index in [4.69, 9.17) is 11.6 Å². The van der Waals surface area contributed by atoms with Gasteiger partial charge in [0.05, 0.1) is 5.52 Å². The van der Waals surface area contributed by atoms with Gasteiger partial charge in [0.2, 0.25) is 0 Å². The Balaban J connectivity index is 2.29. The van der Waals surface area contributed by atoms with E-state index in [-0.39, 0.29) is 0 Å². The van der Waals surface area contributed by atoms with Crippen LogP contribution in [0.3, 0.4) is 0 Å². The van der Waals surface area contributed by atoms with E-state index in [0.717, 1.165) is 26.5 Å². The molecule has 1 heterocycles. The normalized spacial score (nSPS) is 11.0. The van der Waals surface area contributed by atoms with Gasteiger partial charge in [-0.05, 0) is 37.6 Å². The summed E-state index contributed by atoms with van der Waals surface area (Å²) in [6.07, 6.45) is 0. The molecule has 0 spiro atoms. The van der Waals surface area contributed by atoms with Crippen molar-refractivity contribution in [3.8, 4) is 11.4 Å². The number of aryl methyl sites for hydroxylation is 2. The van der Waals surface area contributed by atoms with Crippen molar-refractivity contribution in [2.24, 2.45) is 0 Å². The summed E-state index contributed by atoms with van der Waals surface area (Å²) in [5, 5.41) is 1.35. The van der Waals surface area contributed by atoms with Gasteiger partial charge in [-0.1, -0.05) is 51.3 Å². The minimum atomic E-state index is 0.482. The monoisotopic (exact) mass is 346 g/mol. The van der Waals surface area contributed by atoms with Gasteiger partial charge in [0, 0.05) is 15.4 Å². The van der Waals surface area contributed by atoms with E-state index in [1.807, 2.05) is 31.2 Å². The highest BCUT2D eigenvalue weighted by molar-refractivity contribution is 9.10. The lowest BCUT2D eigenvalue weighted by atomic mass is 10.1. The molecule has 0 amide bonds. The van der Waals surface area contributed by atoms with Crippen LogP contribution in [0.5, 0.6) is 0 Å². The number of hydrogen-bond acceptors (Lipinski definition) is 2. The van der Waals surface area contributed by atoms with Crippen molar-refractivity contribution in [2.75, 3.05) is 0 Å². The lowest BCUT2D eigenvalue weighted by Gasteiger charge is -2.08. The third kappa shape index (κ3) is 2.43. The molecule has 0 saturated heterocycles. The van der Waals surface area contributed by atoms with Crippen LogP contribution in [-0.4, -0.2) is 9.97 Å². The molecular formula is C16H12BrClN2. The molecule has 0 saturated carbocycles. The van der Waals surface area contributed by atoms with Crippen molar-refractivity contribution < 1.29 is 0 Å². The largest absolute Gasteiger partial charge is 0.228 e. The van der Waals surface area contributed by atoms with Crippen LogP contribution in [0.25, 0.3) is 22.3 Å². The van der Waals surface area contributed by atoms with Crippen LogP contribution in [0, 0.1) is 13.8 Å². The smallest absolute Gasteiger partial charge is 0.161 e. The first-order valence-corrected chi connectivity index (χ1v) is 7.42. The summed E-state index contributed by atoms with van der Waals surface area (Å²) in [4.78, 5) is 9.10. The number of fused-ring (bicyclic) bond motifs is 1. The van der Waals surface area contributed by atoms with E-state index in [9.17, 15) is 0 Å². The number of benzene rings is 2. The molecule has 4 heteroatoms. The summed E-state index contributed by atoms with van der Waals surface area (Å²) >= 11 is 9.80. The van der Waals surface area contributed by atoms with Gasteiger partial charge >= 0.3 is 0 Å². The second-order valence-electron chi connectivity index (χ2n) is 4.83. The molecule has 3 aromatic rings. The molecule has 0 aliphatic heterocycles. The number of nitrogens with zero attached hydrogens (tertiary/aromatic N) is 2. The molecule has 0 unspecified atom stereocenters. The molecule has 0 N–H and O–H groups in total. The van der Waals surface area contributed by atoms with Gasteiger partial charge in [-0.2, -0.15) is 0 Å². The molecule has 3 rings (SSSR count). The van der Waals surface area contributed by atoms with Crippen LogP contribution in [-0.2, 0) is 0 Å². The predicted octanol–water partition coefficient (Wildman–Crippen LogP) is 5.33. The summed E-state index contributed by atoms with van der Waals surface area (Å²) in [7, 11) is 0. The highest BCUT2D eigenvalue weighted by atomic mass is 79.9. The number of hydrogen-bond donors (Lipinski definition) is 0. The number of aromatic nitrogens is 2. The highest BCUT2D eigenvalue weighted by Gasteiger charge is 2.10. The molecule has 0 fully saturated rings. The second kappa shape index (κ2) is 5.15. The third-order valence-corrected chi connectivity index (χ3v) is 3.93. The fourth-order valence-corrected chi connectivity index (χ4v) is 3.03. The van der Waals surface area contributed by atoms with Gasteiger partial charge in [0.25, 0.3) is 0 Å². The van der Waals surface area contributed by atoms with Gasteiger partial charge in [-0.25, -0.2) is 9.97 Å². The number of rotatable bonds is 1. The molecule has 0 atom stereocenters. The Labute approximate surface area is 131 Å². The second-order valence-corrected chi connectivity index (χ2v) is 6.10. The Hall–Kier alpha value is -1.45. The van der Waals surface area contributed by atoms with Gasteiger partial charge < -0.3 is 0 Å². The van der Waals surface area contributed by atoms with E-state index in [1.54, 1.807) is 0 Å². The molecule has 2 aromatic carbocycles. The maximum Gasteiger partial charge on any atom is 0.161 e. The zero-order valence-electron chi connectivity index (χ0n) is 11.1. The van der Waals surface area contributed by atoms with E-state index in [0.29, 0.717) is 11.0 Å². The van der Waals surface area contributed by atoms with Gasteiger partial charge in [0.15, 0.2) is 5.82 Å². The molecule has 0 bridgehead atoms. The van der Waals surface area contributed by atoms with Crippen LogP contribution < -0.4 is 0 Å². The van der Waals surface area contributed by atoms with E-state index >= 15 is 0 Å². The minimum absolute atomic E-state index is 0.482. The average Bonchev–Trinajstić information content (AvgIpc) is 2.39. The third-order valence-electron chi connectivity index (χ3n) is 3.19. The summed E-state index contributed by atoms with van der Waals surface area (Å²) in [6.45, 7) is 4.07. The van der Waals surface area contributed by atoms with E-state index in [1.165, 1.54) is 5.56 Å². The standard InChI is InChI=1S/C16H12BrClN2/c1-9-4-3-5-11(6-9)16-19-14-10(2)7-12(17)8-13(14)15(18)20-16/h3-8H,1-2H3. The summed E-state index contributed by atoms with van der Waals surface area (Å²) < 4.78 is 0.983. The quantitative estimate of drug-likeness (QED) is 0.556. The Morgan fingerprint density at radius 1 is 1.05 bits per heavy atom. The molecule has 2 nitrogen and oxygen atoms in total. The first-order valence-electron chi connectivity index (χ1n) is 6.25. The molecular weight excluding hydrogens is 336 g/mol. The Bertz CT molecular complexity index is 815. The van der Waals surface area contributed by atoms with Gasteiger partial charge in [-0.15, -0.1) is 0 Å². The molecule has 0 aliphatic carbocycles. The zero-order chi connectivity index (χ0) is 14.3. The summed E-state index contributed by atoms with van der Waals surface area (Å²) in [6, 6.07) is 12.1. The fourth-order valence-electron chi connectivity index (χ4n) is 2.24. The SMILES string of the molecule is Cc1cccc(-c2nc(Cl)c3cc(Br)cc(C)c3n2)c1. The lowest BCUT2D eigenvalue weighted by molar-refractivity contribution is 1.21. The van der Waals surface area contributed by atoms with Crippen molar-refractivity contribution in [3.05, 3.63) is 57.2 Å². The van der Waals surface area contributed by atoms with Crippen molar-refractivity contribution in [3.63, 3.8) is 0 Å². The highest BCUT2D eigenvalue weighted by Crippen LogP contribution is 2.29. The average molecular weight is 348 g/mol. The zero-order valence-corrected chi connectivity index (χ0v) is 13.5. The van der Waals surface area contributed by atoms with Crippen molar-refractivity contribution in [1.82, 2.24) is 9.97 Å². The molecule has 20 heavy (non-hydrogen) atoms. The fraction of sp³-hybridized carbons (Fsp3) is 0.125. The van der Waals surface area contributed by atoms with E-state index < -0.39 is 0 Å². The van der Waals surface area contributed by atoms with Crippen molar-refractivity contribution >= 4 is 38.4 Å². The Kier molecular flexibility index (Phi) is 3.48. The summed E-state index contributed by atoms with van der Waals surface area (Å²) in [5.74, 6) is 0.664. The maximum absolute atomic E-state index is 6.32. The minimum Gasteiger partial charge on any atom is -0.228 e. The van der Waals surface area contributed by atoms with Gasteiger partial charge in [0.1, 0.15) is 5.15 Å².